The van der Waals surface area contributed by atoms with Crippen molar-refractivity contribution in [3.63, 3.8) is 0 Å². The zero-order valence-corrected chi connectivity index (χ0v) is 10.4. The Hall–Kier alpha value is -0.570. The van der Waals surface area contributed by atoms with E-state index in [2.05, 4.69) is 24.5 Å². The Bertz CT molecular complexity index is 218. The van der Waals surface area contributed by atoms with Gasteiger partial charge in [-0.3, -0.25) is 4.79 Å². The number of hydrogen-bond acceptors (Lipinski definition) is 2. The summed E-state index contributed by atoms with van der Waals surface area (Å²) in [6, 6.07) is 0.230. The van der Waals surface area contributed by atoms with Gasteiger partial charge in [0.1, 0.15) is 0 Å². The molecule has 3 nitrogen and oxygen atoms in total. The highest BCUT2D eigenvalue weighted by Crippen LogP contribution is 2.31. The molecule has 3 heteroatoms. The summed E-state index contributed by atoms with van der Waals surface area (Å²) >= 11 is 0. The molecule has 0 radical (unpaired) electrons. The minimum atomic E-state index is -0.252. The van der Waals surface area contributed by atoms with Crippen molar-refractivity contribution in [1.82, 2.24) is 10.6 Å². The van der Waals surface area contributed by atoms with E-state index in [0.29, 0.717) is 5.92 Å². The van der Waals surface area contributed by atoms with Crippen molar-refractivity contribution >= 4 is 5.91 Å². The summed E-state index contributed by atoms with van der Waals surface area (Å²) in [4.78, 5) is 12.0. The average molecular weight is 212 g/mol. The molecule has 0 aromatic heterocycles. The van der Waals surface area contributed by atoms with Gasteiger partial charge in [0, 0.05) is 11.5 Å². The van der Waals surface area contributed by atoms with Crippen LogP contribution in [0.2, 0.25) is 0 Å². The predicted molar refractivity (Wildman–Crippen MR) is 62.7 cm³/mol. The fourth-order valence-corrected chi connectivity index (χ4v) is 2.10. The Labute approximate surface area is 93.0 Å². The van der Waals surface area contributed by atoms with Crippen LogP contribution in [0.5, 0.6) is 0 Å². The first-order valence-corrected chi connectivity index (χ1v) is 5.96. The molecular weight excluding hydrogens is 188 g/mol. The maximum atomic E-state index is 12.0. The summed E-state index contributed by atoms with van der Waals surface area (Å²) < 4.78 is 0. The molecule has 1 amide bonds. The molecule has 1 unspecified atom stereocenters. The molecule has 0 aromatic carbocycles. The second kappa shape index (κ2) is 4.97. The first kappa shape index (κ1) is 12.5. The summed E-state index contributed by atoms with van der Waals surface area (Å²) in [5.41, 5.74) is -0.252. The zero-order chi connectivity index (χ0) is 11.5. The van der Waals surface area contributed by atoms with Gasteiger partial charge in [-0.15, -0.1) is 0 Å². The van der Waals surface area contributed by atoms with Gasteiger partial charge in [0.2, 0.25) is 5.91 Å². The molecule has 2 N–H and O–H groups in total. The molecule has 1 rings (SSSR count). The predicted octanol–water partition coefficient (Wildman–Crippen LogP) is 1.54. The molecule has 1 aliphatic heterocycles. The number of hydrogen-bond donors (Lipinski definition) is 2. The molecule has 1 heterocycles. The lowest BCUT2D eigenvalue weighted by molar-refractivity contribution is -0.133. The average Bonchev–Trinajstić information content (AvgIpc) is 2.18. The van der Waals surface area contributed by atoms with Gasteiger partial charge in [0.25, 0.3) is 0 Å². The lowest BCUT2D eigenvalue weighted by Gasteiger charge is -2.36. The van der Waals surface area contributed by atoms with Crippen molar-refractivity contribution in [2.75, 3.05) is 13.1 Å². The van der Waals surface area contributed by atoms with Gasteiger partial charge >= 0.3 is 0 Å². The molecule has 15 heavy (non-hydrogen) atoms. The summed E-state index contributed by atoms with van der Waals surface area (Å²) in [5, 5.41) is 6.38. The van der Waals surface area contributed by atoms with E-state index in [1.54, 1.807) is 0 Å². The number of piperidine rings is 1. The third-order valence-electron chi connectivity index (χ3n) is 3.32. The van der Waals surface area contributed by atoms with Crippen LogP contribution in [0.15, 0.2) is 0 Å². The number of rotatable bonds is 3. The van der Waals surface area contributed by atoms with Gasteiger partial charge in [0.05, 0.1) is 0 Å². The van der Waals surface area contributed by atoms with Crippen LogP contribution >= 0.6 is 0 Å². The monoisotopic (exact) mass is 212 g/mol. The van der Waals surface area contributed by atoms with Crippen molar-refractivity contribution in [3.05, 3.63) is 0 Å². The molecule has 0 aliphatic carbocycles. The Morgan fingerprint density at radius 2 is 2.13 bits per heavy atom. The summed E-state index contributed by atoms with van der Waals surface area (Å²) in [7, 11) is 0. The van der Waals surface area contributed by atoms with Crippen molar-refractivity contribution in [3.8, 4) is 0 Å². The van der Waals surface area contributed by atoms with E-state index in [1.807, 2.05) is 13.8 Å². The van der Waals surface area contributed by atoms with E-state index < -0.39 is 0 Å². The highest BCUT2D eigenvalue weighted by molar-refractivity contribution is 5.82. The second-order valence-corrected chi connectivity index (χ2v) is 5.39. The molecule has 0 saturated carbocycles. The van der Waals surface area contributed by atoms with Crippen molar-refractivity contribution < 1.29 is 4.79 Å². The highest BCUT2D eigenvalue weighted by atomic mass is 16.2. The van der Waals surface area contributed by atoms with E-state index in [1.165, 1.54) is 6.42 Å². The van der Waals surface area contributed by atoms with Gasteiger partial charge in [0.15, 0.2) is 0 Å². The van der Waals surface area contributed by atoms with E-state index in [0.717, 1.165) is 19.5 Å². The number of nitrogens with one attached hydrogen (secondary N) is 2. The SMILES string of the molecule is CC(C)NC(=O)C(C)(C)C1CCCNC1. The minimum Gasteiger partial charge on any atom is -0.353 e. The normalized spacial score (nSPS) is 22.9. The largest absolute Gasteiger partial charge is 0.353 e. The summed E-state index contributed by atoms with van der Waals surface area (Å²) in [6.45, 7) is 10.2. The minimum absolute atomic E-state index is 0.186. The first-order valence-electron chi connectivity index (χ1n) is 5.96. The van der Waals surface area contributed by atoms with E-state index in [9.17, 15) is 4.79 Å². The van der Waals surface area contributed by atoms with Crippen molar-refractivity contribution in [2.45, 2.75) is 46.6 Å². The van der Waals surface area contributed by atoms with E-state index >= 15 is 0 Å². The number of carbonyl (C=O) groups excluding carboxylic acids is 1. The molecule has 1 saturated heterocycles. The molecule has 0 aromatic rings. The van der Waals surface area contributed by atoms with Crippen LogP contribution in [0, 0.1) is 11.3 Å². The smallest absolute Gasteiger partial charge is 0.226 e. The van der Waals surface area contributed by atoms with Crippen LogP contribution < -0.4 is 10.6 Å². The molecule has 1 aliphatic rings. The topological polar surface area (TPSA) is 41.1 Å². The van der Waals surface area contributed by atoms with Crippen LogP contribution in [0.3, 0.4) is 0 Å². The fourth-order valence-electron chi connectivity index (χ4n) is 2.10. The Morgan fingerprint density at radius 3 is 2.60 bits per heavy atom. The third-order valence-corrected chi connectivity index (χ3v) is 3.32. The molecule has 0 spiro atoms. The standard InChI is InChI=1S/C12H24N2O/c1-9(2)14-11(15)12(3,4)10-6-5-7-13-8-10/h9-10,13H,5-8H2,1-4H3,(H,14,15). The molecule has 88 valence electrons. The number of amides is 1. The van der Waals surface area contributed by atoms with Gasteiger partial charge in [-0.05, 0) is 45.7 Å². The molecule has 1 fully saturated rings. The zero-order valence-electron chi connectivity index (χ0n) is 10.4. The Balaban J connectivity index is 2.58. The van der Waals surface area contributed by atoms with Crippen LogP contribution in [-0.4, -0.2) is 25.0 Å². The fraction of sp³-hybridized carbons (Fsp3) is 0.917. The molecule has 1 atom stereocenters. The maximum absolute atomic E-state index is 12.0. The van der Waals surface area contributed by atoms with Gasteiger partial charge < -0.3 is 10.6 Å². The van der Waals surface area contributed by atoms with Crippen LogP contribution in [0.1, 0.15) is 40.5 Å². The molecular formula is C12H24N2O. The second-order valence-electron chi connectivity index (χ2n) is 5.39. The lowest BCUT2D eigenvalue weighted by Crippen LogP contribution is -2.48. The van der Waals surface area contributed by atoms with E-state index in [-0.39, 0.29) is 17.4 Å². The lowest BCUT2D eigenvalue weighted by atomic mass is 9.74. The van der Waals surface area contributed by atoms with Crippen molar-refractivity contribution in [1.29, 1.82) is 0 Å². The van der Waals surface area contributed by atoms with Gasteiger partial charge in [-0.2, -0.15) is 0 Å². The third kappa shape index (κ3) is 3.20. The van der Waals surface area contributed by atoms with E-state index in [4.69, 9.17) is 0 Å². The van der Waals surface area contributed by atoms with Crippen LogP contribution in [-0.2, 0) is 4.79 Å². The Morgan fingerprint density at radius 1 is 1.47 bits per heavy atom. The molecule has 0 bridgehead atoms. The summed E-state index contributed by atoms with van der Waals surface area (Å²) in [6.07, 6.45) is 2.34. The van der Waals surface area contributed by atoms with Crippen LogP contribution in [0.25, 0.3) is 0 Å². The Kier molecular flexibility index (Phi) is 4.14. The van der Waals surface area contributed by atoms with Crippen molar-refractivity contribution in [2.24, 2.45) is 11.3 Å². The summed E-state index contributed by atoms with van der Waals surface area (Å²) in [5.74, 6) is 0.649. The highest BCUT2D eigenvalue weighted by Gasteiger charge is 2.37. The van der Waals surface area contributed by atoms with Crippen LogP contribution in [0.4, 0.5) is 0 Å². The van der Waals surface area contributed by atoms with Gasteiger partial charge in [-0.25, -0.2) is 0 Å². The maximum Gasteiger partial charge on any atom is 0.226 e. The quantitative estimate of drug-likeness (QED) is 0.745. The van der Waals surface area contributed by atoms with Gasteiger partial charge in [-0.1, -0.05) is 13.8 Å². The number of carbonyl (C=O) groups is 1. The first-order chi connectivity index (χ1) is 6.94.